The van der Waals surface area contributed by atoms with Crippen molar-refractivity contribution in [3.05, 3.63) is 83.9 Å². The maximum absolute atomic E-state index is 12.4. The smallest absolute Gasteiger partial charge is 0.221 e. The number of fused-ring (bicyclic) bond motifs is 1. The zero-order valence-corrected chi connectivity index (χ0v) is 14.6. The van der Waals surface area contributed by atoms with Gasteiger partial charge in [-0.05, 0) is 29.7 Å². The summed E-state index contributed by atoms with van der Waals surface area (Å²) in [6, 6.07) is 18.6. The topological polar surface area (TPSA) is 59.0 Å². The maximum Gasteiger partial charge on any atom is 0.221 e. The Kier molecular flexibility index (Phi) is 4.80. The quantitative estimate of drug-likeness (QED) is 0.747. The van der Waals surface area contributed by atoms with E-state index in [9.17, 15) is 4.79 Å². The van der Waals surface area contributed by atoms with E-state index in [2.05, 4.69) is 39.9 Å². The molecule has 5 heteroatoms. The van der Waals surface area contributed by atoms with E-state index >= 15 is 0 Å². The molecule has 1 amide bonds. The van der Waals surface area contributed by atoms with Crippen molar-refractivity contribution in [2.24, 2.45) is 0 Å². The molecule has 1 aromatic heterocycles. The first-order valence-corrected chi connectivity index (χ1v) is 8.94. The Hall–Kier alpha value is -2.92. The number of para-hydroxylation sites is 1. The molecule has 0 aliphatic carbocycles. The predicted octanol–water partition coefficient (Wildman–Crippen LogP) is 2.59. The third-order valence-electron chi connectivity index (χ3n) is 4.79. The minimum atomic E-state index is 0.0458. The van der Waals surface area contributed by atoms with Gasteiger partial charge in [-0.3, -0.25) is 4.79 Å². The SMILES string of the molecule is O=C(C[C@@H]1Cc2ccccc2CN1)NCc1nccn1-c1ccccc1. The Morgan fingerprint density at radius 2 is 1.88 bits per heavy atom. The summed E-state index contributed by atoms with van der Waals surface area (Å²) in [5.74, 6) is 0.871. The van der Waals surface area contributed by atoms with Crippen LogP contribution in [0.1, 0.15) is 23.4 Å². The summed E-state index contributed by atoms with van der Waals surface area (Å²) in [7, 11) is 0. The zero-order valence-electron chi connectivity index (χ0n) is 14.6. The normalized spacial score (nSPS) is 16.1. The van der Waals surface area contributed by atoms with E-state index in [0.29, 0.717) is 13.0 Å². The van der Waals surface area contributed by atoms with Crippen LogP contribution in [0.5, 0.6) is 0 Å². The maximum atomic E-state index is 12.4. The molecule has 2 N–H and O–H groups in total. The van der Waals surface area contributed by atoms with E-state index in [1.54, 1.807) is 6.20 Å². The molecule has 26 heavy (non-hydrogen) atoms. The van der Waals surface area contributed by atoms with Gasteiger partial charge in [-0.15, -0.1) is 0 Å². The van der Waals surface area contributed by atoms with Crippen LogP contribution in [0.3, 0.4) is 0 Å². The van der Waals surface area contributed by atoms with E-state index in [-0.39, 0.29) is 11.9 Å². The summed E-state index contributed by atoms with van der Waals surface area (Å²) in [5, 5.41) is 6.46. The lowest BCUT2D eigenvalue weighted by atomic mass is 9.94. The van der Waals surface area contributed by atoms with Crippen LogP contribution >= 0.6 is 0 Å². The predicted molar refractivity (Wildman–Crippen MR) is 101 cm³/mol. The number of aromatic nitrogens is 2. The molecule has 1 atom stereocenters. The Labute approximate surface area is 153 Å². The molecular weight excluding hydrogens is 324 g/mol. The van der Waals surface area contributed by atoms with Crippen LogP contribution in [-0.4, -0.2) is 21.5 Å². The standard InChI is InChI=1S/C21H22N4O/c26-21(13-18-12-16-6-4-5-7-17(16)14-23-18)24-15-20-22-10-11-25(20)19-8-2-1-3-9-19/h1-11,18,23H,12-15H2,(H,24,26)/t18-/m0/s1. The number of carbonyl (C=O) groups is 1. The molecule has 2 heterocycles. The molecule has 1 aliphatic rings. The van der Waals surface area contributed by atoms with Crippen molar-refractivity contribution in [3.63, 3.8) is 0 Å². The molecule has 132 valence electrons. The highest BCUT2D eigenvalue weighted by molar-refractivity contribution is 5.76. The molecule has 0 bridgehead atoms. The van der Waals surface area contributed by atoms with E-state index in [0.717, 1.165) is 24.5 Å². The monoisotopic (exact) mass is 346 g/mol. The van der Waals surface area contributed by atoms with Crippen molar-refractivity contribution >= 4 is 5.91 Å². The minimum Gasteiger partial charge on any atom is -0.349 e. The van der Waals surface area contributed by atoms with Crippen LogP contribution in [0, 0.1) is 0 Å². The molecule has 0 spiro atoms. The molecule has 0 saturated carbocycles. The number of carbonyl (C=O) groups excluding carboxylic acids is 1. The first-order chi connectivity index (χ1) is 12.8. The molecule has 5 nitrogen and oxygen atoms in total. The third kappa shape index (κ3) is 3.68. The van der Waals surface area contributed by atoms with Gasteiger partial charge in [0.05, 0.1) is 6.54 Å². The summed E-state index contributed by atoms with van der Waals surface area (Å²) < 4.78 is 2.00. The molecule has 2 aromatic carbocycles. The number of benzene rings is 2. The second kappa shape index (κ2) is 7.54. The van der Waals surface area contributed by atoms with Crippen LogP contribution < -0.4 is 10.6 Å². The van der Waals surface area contributed by atoms with Gasteiger partial charge < -0.3 is 15.2 Å². The summed E-state index contributed by atoms with van der Waals surface area (Å²) in [5.41, 5.74) is 3.71. The van der Waals surface area contributed by atoms with Gasteiger partial charge in [0.25, 0.3) is 0 Å². The Bertz CT molecular complexity index is 888. The van der Waals surface area contributed by atoms with Crippen LogP contribution in [0.4, 0.5) is 0 Å². The van der Waals surface area contributed by atoms with Crippen molar-refractivity contribution in [1.82, 2.24) is 20.2 Å². The van der Waals surface area contributed by atoms with E-state index in [4.69, 9.17) is 0 Å². The van der Waals surface area contributed by atoms with Crippen molar-refractivity contribution in [1.29, 1.82) is 0 Å². The van der Waals surface area contributed by atoms with E-state index < -0.39 is 0 Å². The Balaban J connectivity index is 1.34. The lowest BCUT2D eigenvalue weighted by molar-refractivity contribution is -0.121. The summed E-state index contributed by atoms with van der Waals surface area (Å²) >= 11 is 0. The lowest BCUT2D eigenvalue weighted by Crippen LogP contribution is -2.39. The van der Waals surface area contributed by atoms with Crippen LogP contribution in [-0.2, 0) is 24.3 Å². The highest BCUT2D eigenvalue weighted by Gasteiger charge is 2.20. The van der Waals surface area contributed by atoms with E-state index in [1.807, 2.05) is 41.1 Å². The fourth-order valence-corrected chi connectivity index (χ4v) is 3.43. The van der Waals surface area contributed by atoms with Crippen molar-refractivity contribution in [3.8, 4) is 5.69 Å². The number of hydrogen-bond acceptors (Lipinski definition) is 3. The van der Waals surface area contributed by atoms with Gasteiger partial charge in [-0.2, -0.15) is 0 Å². The van der Waals surface area contributed by atoms with Gasteiger partial charge in [0.15, 0.2) is 0 Å². The lowest BCUT2D eigenvalue weighted by Gasteiger charge is -2.25. The van der Waals surface area contributed by atoms with E-state index in [1.165, 1.54) is 11.1 Å². The molecule has 1 aliphatic heterocycles. The molecule has 0 radical (unpaired) electrons. The fourth-order valence-electron chi connectivity index (χ4n) is 3.43. The largest absolute Gasteiger partial charge is 0.349 e. The second-order valence-corrected chi connectivity index (χ2v) is 6.58. The fraction of sp³-hybridized carbons (Fsp3) is 0.238. The molecular formula is C21H22N4O. The number of rotatable bonds is 5. The van der Waals surface area contributed by atoms with Crippen LogP contribution in [0.15, 0.2) is 67.0 Å². The molecule has 0 saturated heterocycles. The number of nitrogens with one attached hydrogen (secondary N) is 2. The number of hydrogen-bond donors (Lipinski definition) is 2. The van der Waals surface area contributed by atoms with Gasteiger partial charge in [0, 0.05) is 37.1 Å². The first kappa shape index (κ1) is 16.5. The summed E-state index contributed by atoms with van der Waals surface area (Å²) in [6.07, 6.45) is 5.03. The van der Waals surface area contributed by atoms with Gasteiger partial charge in [0.1, 0.15) is 5.82 Å². The molecule has 4 rings (SSSR count). The number of imidazole rings is 1. The number of amides is 1. The first-order valence-electron chi connectivity index (χ1n) is 8.94. The average molecular weight is 346 g/mol. The van der Waals surface area contributed by atoms with Crippen molar-refractivity contribution in [2.75, 3.05) is 0 Å². The minimum absolute atomic E-state index is 0.0458. The van der Waals surface area contributed by atoms with Crippen molar-refractivity contribution < 1.29 is 4.79 Å². The van der Waals surface area contributed by atoms with Crippen LogP contribution in [0.2, 0.25) is 0 Å². The molecule has 3 aromatic rings. The van der Waals surface area contributed by atoms with Gasteiger partial charge in [-0.1, -0.05) is 42.5 Å². The zero-order chi connectivity index (χ0) is 17.8. The Morgan fingerprint density at radius 1 is 1.12 bits per heavy atom. The third-order valence-corrected chi connectivity index (χ3v) is 4.79. The van der Waals surface area contributed by atoms with Gasteiger partial charge in [-0.25, -0.2) is 4.98 Å². The van der Waals surface area contributed by atoms with Crippen LogP contribution in [0.25, 0.3) is 5.69 Å². The highest BCUT2D eigenvalue weighted by atomic mass is 16.1. The highest BCUT2D eigenvalue weighted by Crippen LogP contribution is 2.17. The van der Waals surface area contributed by atoms with Crippen molar-refractivity contribution in [2.45, 2.75) is 32.0 Å². The summed E-state index contributed by atoms with van der Waals surface area (Å²) in [4.78, 5) is 16.8. The van der Waals surface area contributed by atoms with Gasteiger partial charge in [0.2, 0.25) is 5.91 Å². The average Bonchev–Trinajstić information content (AvgIpc) is 3.16. The second-order valence-electron chi connectivity index (χ2n) is 6.58. The summed E-state index contributed by atoms with van der Waals surface area (Å²) in [6.45, 7) is 1.25. The van der Waals surface area contributed by atoms with Gasteiger partial charge >= 0.3 is 0 Å². The molecule has 0 unspecified atom stereocenters. The molecule has 0 fully saturated rings. The Morgan fingerprint density at radius 3 is 2.73 bits per heavy atom. The number of nitrogens with zero attached hydrogens (tertiary/aromatic N) is 2.